The summed E-state index contributed by atoms with van der Waals surface area (Å²) in [7, 11) is 0. The average molecular weight is 270 g/mol. The maximum Gasteiger partial charge on any atom is 1.00 e. The van der Waals surface area contributed by atoms with E-state index >= 15 is 0 Å². The van der Waals surface area contributed by atoms with Crippen LogP contribution in [0.3, 0.4) is 0 Å². The van der Waals surface area contributed by atoms with Crippen LogP contribution in [0.1, 0.15) is 5.56 Å². The first-order chi connectivity index (χ1) is 8.38. The van der Waals surface area contributed by atoms with Crippen molar-refractivity contribution in [2.24, 2.45) is 0 Å². The molecule has 2 aromatic rings. The van der Waals surface area contributed by atoms with Gasteiger partial charge in [-0.05, 0) is 29.8 Å². The fourth-order valence-corrected chi connectivity index (χ4v) is 1.70. The van der Waals surface area contributed by atoms with Crippen LogP contribution in [0.15, 0.2) is 59.5 Å². The van der Waals surface area contributed by atoms with Gasteiger partial charge in [-0.2, -0.15) is 0 Å². The Balaban J connectivity index is 0.00000162. The zero-order valence-corrected chi connectivity index (χ0v) is 12.9. The van der Waals surface area contributed by atoms with E-state index in [0.29, 0.717) is 6.61 Å². The Hall–Kier alpha value is -0.490. The molecule has 88 valence electrons. The minimum absolute atomic E-state index is 0. The fraction of sp³-hybridized carbons (Fsp3) is 0.0769. The van der Waals surface area contributed by atoms with Gasteiger partial charge in [0.1, 0.15) is 12.4 Å². The summed E-state index contributed by atoms with van der Waals surface area (Å²) >= 11 is 0.787. The molecule has 0 aromatic heterocycles. The normalized spacial score (nSPS) is 9.61. The second kappa shape index (κ2) is 8.58. The predicted molar refractivity (Wildman–Crippen MR) is 64.2 cm³/mol. The summed E-state index contributed by atoms with van der Waals surface area (Å²) in [5.74, 6) is 0.768. The first kappa shape index (κ1) is 15.6. The van der Waals surface area contributed by atoms with Crippen LogP contribution in [0.25, 0.3) is 0 Å². The molecule has 0 bridgehead atoms. The van der Waals surface area contributed by atoms with Gasteiger partial charge in [0.05, 0.1) is 0 Å². The van der Waals surface area contributed by atoms with Crippen LogP contribution in [-0.2, 0) is 10.9 Å². The standard InChI is InChI=1S/C13H12O3S.Na/c14-16-17-13-8-6-12(7-9-13)15-10-11-4-2-1-3-5-11;/h1-9,14H,10H2;/q;+1/p-1. The molecule has 0 radical (unpaired) electrons. The third kappa shape index (κ3) is 5.02. The minimum atomic E-state index is 0. The Morgan fingerprint density at radius 1 is 0.944 bits per heavy atom. The monoisotopic (exact) mass is 270 g/mol. The minimum Gasteiger partial charge on any atom is -0.710 e. The van der Waals surface area contributed by atoms with E-state index in [-0.39, 0.29) is 29.6 Å². The van der Waals surface area contributed by atoms with Gasteiger partial charge >= 0.3 is 29.6 Å². The number of hydrogen-bond donors (Lipinski definition) is 0. The Labute approximate surface area is 133 Å². The van der Waals surface area contributed by atoms with Crippen LogP contribution in [0.5, 0.6) is 5.75 Å². The number of hydrogen-bond acceptors (Lipinski definition) is 4. The molecule has 0 unspecified atom stereocenters. The zero-order valence-electron chi connectivity index (χ0n) is 10.0. The van der Waals surface area contributed by atoms with E-state index in [1.807, 2.05) is 42.5 Å². The molecule has 18 heavy (non-hydrogen) atoms. The van der Waals surface area contributed by atoms with E-state index in [0.717, 1.165) is 28.3 Å². The average Bonchev–Trinajstić information content (AvgIpc) is 2.40. The van der Waals surface area contributed by atoms with Gasteiger partial charge in [0, 0.05) is 16.9 Å². The van der Waals surface area contributed by atoms with Crippen LogP contribution >= 0.6 is 12.0 Å². The predicted octanol–water partition coefficient (Wildman–Crippen LogP) is -0.431. The van der Waals surface area contributed by atoms with Gasteiger partial charge in [-0.3, -0.25) is 0 Å². The number of ether oxygens (including phenoxy) is 1. The van der Waals surface area contributed by atoms with Crippen molar-refractivity contribution in [3.8, 4) is 5.75 Å². The van der Waals surface area contributed by atoms with Crippen molar-refractivity contribution in [3.63, 3.8) is 0 Å². The van der Waals surface area contributed by atoms with Gasteiger partial charge in [0.15, 0.2) is 0 Å². The quantitative estimate of drug-likeness (QED) is 0.320. The van der Waals surface area contributed by atoms with Crippen molar-refractivity contribution in [1.29, 1.82) is 0 Å². The van der Waals surface area contributed by atoms with E-state index in [1.54, 1.807) is 12.1 Å². The van der Waals surface area contributed by atoms with Gasteiger partial charge in [0.25, 0.3) is 0 Å². The molecule has 5 heteroatoms. The molecule has 0 aliphatic heterocycles. The molecule has 3 nitrogen and oxygen atoms in total. The van der Waals surface area contributed by atoms with E-state index in [1.165, 1.54) is 0 Å². The molecule has 0 aliphatic carbocycles. The maximum atomic E-state index is 9.93. The van der Waals surface area contributed by atoms with E-state index in [9.17, 15) is 5.26 Å². The van der Waals surface area contributed by atoms with E-state index in [4.69, 9.17) is 4.74 Å². The third-order valence-corrected chi connectivity index (χ3v) is 2.73. The Bertz CT molecular complexity index is 448. The molecular weight excluding hydrogens is 259 g/mol. The second-order valence-corrected chi connectivity index (χ2v) is 4.17. The third-order valence-electron chi connectivity index (χ3n) is 2.20. The summed E-state index contributed by atoms with van der Waals surface area (Å²) in [6.45, 7) is 0.533. The maximum absolute atomic E-state index is 9.93. The summed E-state index contributed by atoms with van der Waals surface area (Å²) in [5, 5.41) is 9.93. The molecule has 0 fully saturated rings. The van der Waals surface area contributed by atoms with Crippen molar-refractivity contribution < 1.29 is 43.9 Å². The van der Waals surface area contributed by atoms with Gasteiger partial charge in [0.2, 0.25) is 0 Å². The van der Waals surface area contributed by atoms with Crippen LogP contribution in [0, 0.1) is 0 Å². The van der Waals surface area contributed by atoms with Crippen LogP contribution < -0.4 is 39.6 Å². The first-order valence-electron chi connectivity index (χ1n) is 5.12. The van der Waals surface area contributed by atoms with Crippen molar-refractivity contribution in [2.45, 2.75) is 11.5 Å². The Morgan fingerprint density at radius 3 is 2.22 bits per heavy atom. The topological polar surface area (TPSA) is 41.5 Å². The van der Waals surface area contributed by atoms with Crippen LogP contribution in [0.4, 0.5) is 0 Å². The fourth-order valence-electron chi connectivity index (χ4n) is 1.37. The summed E-state index contributed by atoms with van der Waals surface area (Å²) in [4.78, 5) is 0.757. The molecule has 0 spiro atoms. The van der Waals surface area contributed by atoms with Gasteiger partial charge < -0.3 is 14.3 Å². The SMILES string of the molecule is [Na+].[O-]OSc1ccc(OCc2ccccc2)cc1. The van der Waals surface area contributed by atoms with Crippen molar-refractivity contribution >= 4 is 12.0 Å². The molecule has 0 atom stereocenters. The first-order valence-corrected chi connectivity index (χ1v) is 5.86. The second-order valence-electron chi connectivity index (χ2n) is 3.40. The van der Waals surface area contributed by atoms with Gasteiger partial charge in [-0.1, -0.05) is 30.3 Å². The Morgan fingerprint density at radius 2 is 1.61 bits per heavy atom. The van der Waals surface area contributed by atoms with Crippen LogP contribution in [-0.4, -0.2) is 0 Å². The summed E-state index contributed by atoms with van der Waals surface area (Å²) in [6, 6.07) is 17.1. The van der Waals surface area contributed by atoms with Gasteiger partial charge in [-0.15, -0.1) is 0 Å². The molecule has 0 amide bonds. The largest absolute Gasteiger partial charge is 1.00 e. The van der Waals surface area contributed by atoms with Crippen molar-refractivity contribution in [2.75, 3.05) is 0 Å². The zero-order chi connectivity index (χ0) is 11.9. The molecule has 2 aromatic carbocycles. The molecule has 0 aliphatic rings. The molecule has 0 saturated heterocycles. The summed E-state index contributed by atoms with van der Waals surface area (Å²) < 4.78 is 9.32. The molecule has 0 heterocycles. The molecule has 2 rings (SSSR count). The van der Waals surface area contributed by atoms with Crippen molar-refractivity contribution in [1.82, 2.24) is 0 Å². The number of benzene rings is 2. The van der Waals surface area contributed by atoms with E-state index in [2.05, 4.69) is 4.33 Å². The van der Waals surface area contributed by atoms with E-state index < -0.39 is 0 Å². The molecule has 0 N–H and O–H groups in total. The van der Waals surface area contributed by atoms with Gasteiger partial charge in [-0.25, -0.2) is 0 Å². The Kier molecular flexibility index (Phi) is 7.42. The molecular formula is C13H11NaO3S. The number of rotatable bonds is 5. The smallest absolute Gasteiger partial charge is 0.710 e. The van der Waals surface area contributed by atoms with Crippen molar-refractivity contribution in [3.05, 3.63) is 60.2 Å². The van der Waals surface area contributed by atoms with Crippen LogP contribution in [0.2, 0.25) is 0 Å². The summed E-state index contributed by atoms with van der Waals surface area (Å²) in [6.07, 6.45) is 0. The summed E-state index contributed by atoms with van der Waals surface area (Å²) in [5.41, 5.74) is 1.12. The molecule has 0 saturated carbocycles.